The van der Waals surface area contributed by atoms with E-state index in [0.29, 0.717) is 0 Å². The maximum atomic E-state index is 9.61. The highest BCUT2D eigenvalue weighted by molar-refractivity contribution is 5.54. The van der Waals surface area contributed by atoms with E-state index in [4.69, 9.17) is 4.74 Å². The van der Waals surface area contributed by atoms with Gasteiger partial charge in [0.25, 0.3) is 0 Å². The van der Waals surface area contributed by atoms with Crippen molar-refractivity contribution >= 4 is 0 Å². The van der Waals surface area contributed by atoms with Crippen molar-refractivity contribution in [2.24, 2.45) is 0 Å². The number of benzene rings is 2. The third-order valence-electron chi connectivity index (χ3n) is 4.46. The Labute approximate surface area is 130 Å². The van der Waals surface area contributed by atoms with Gasteiger partial charge in [-0.05, 0) is 44.9 Å². The molecule has 0 saturated carbocycles. The molecule has 1 atom stereocenters. The third kappa shape index (κ3) is 1.76. The zero-order valence-electron chi connectivity index (χ0n) is 13.0. The Kier molecular flexibility index (Phi) is 3.56. The molecule has 3 rings (SSSR count). The predicted molar refractivity (Wildman–Crippen MR) is 85.9 cm³/mol. The number of ether oxygens (including phenoxy) is 1. The molecular formula is C17H21N3O2. The van der Waals surface area contributed by atoms with Gasteiger partial charge in [0, 0.05) is 5.56 Å². The van der Waals surface area contributed by atoms with E-state index < -0.39 is 11.4 Å². The summed E-state index contributed by atoms with van der Waals surface area (Å²) in [5.41, 5.74) is 1.38. The molecule has 116 valence electrons. The molecule has 0 spiro atoms. The molecule has 0 amide bonds. The van der Waals surface area contributed by atoms with Gasteiger partial charge in [0.15, 0.2) is 0 Å². The standard InChI is InChI=1S/C17H21N3O2/c1-18-16(12-8-10-13(21)11-9-12)14-6-4-5-7-15(14)22-17(16,19-2)20-3/h4-11,18-21H,1-3H3. The molecule has 5 heteroatoms. The minimum absolute atomic E-state index is 0.238. The van der Waals surface area contributed by atoms with Crippen molar-refractivity contribution in [1.29, 1.82) is 0 Å². The lowest BCUT2D eigenvalue weighted by atomic mass is 9.79. The zero-order chi connectivity index (χ0) is 15.8. The molecule has 4 N–H and O–H groups in total. The first-order valence-corrected chi connectivity index (χ1v) is 7.28. The maximum Gasteiger partial charge on any atom is 0.244 e. The van der Waals surface area contributed by atoms with Gasteiger partial charge < -0.3 is 15.2 Å². The number of aromatic hydroxyl groups is 1. The molecule has 2 aromatic rings. The second-order valence-electron chi connectivity index (χ2n) is 5.33. The van der Waals surface area contributed by atoms with E-state index >= 15 is 0 Å². The van der Waals surface area contributed by atoms with E-state index in [0.717, 1.165) is 16.9 Å². The molecule has 0 fully saturated rings. The summed E-state index contributed by atoms with van der Waals surface area (Å²) >= 11 is 0. The van der Waals surface area contributed by atoms with Crippen LogP contribution in [0.2, 0.25) is 0 Å². The Hall–Kier alpha value is -2.08. The van der Waals surface area contributed by atoms with Crippen molar-refractivity contribution in [2.45, 2.75) is 11.4 Å². The Bertz CT molecular complexity index is 668. The average Bonchev–Trinajstić information content (AvgIpc) is 2.86. The molecule has 0 aromatic heterocycles. The van der Waals surface area contributed by atoms with Crippen LogP contribution >= 0.6 is 0 Å². The first-order chi connectivity index (χ1) is 10.6. The van der Waals surface area contributed by atoms with E-state index in [1.807, 2.05) is 51.5 Å². The Balaban J connectivity index is 2.30. The highest BCUT2D eigenvalue weighted by Crippen LogP contribution is 2.48. The summed E-state index contributed by atoms with van der Waals surface area (Å²) < 4.78 is 6.24. The number of nitrogens with one attached hydrogen (secondary N) is 3. The highest BCUT2D eigenvalue weighted by Gasteiger charge is 2.59. The zero-order valence-corrected chi connectivity index (χ0v) is 13.0. The molecule has 1 aliphatic rings. The van der Waals surface area contributed by atoms with E-state index in [2.05, 4.69) is 22.0 Å². The summed E-state index contributed by atoms with van der Waals surface area (Å²) in [6.45, 7) is 0. The van der Waals surface area contributed by atoms with Gasteiger partial charge in [-0.2, -0.15) is 0 Å². The highest BCUT2D eigenvalue weighted by atomic mass is 16.5. The summed E-state index contributed by atoms with van der Waals surface area (Å²) in [6.07, 6.45) is 0. The van der Waals surface area contributed by atoms with Crippen molar-refractivity contribution in [3.05, 3.63) is 59.7 Å². The van der Waals surface area contributed by atoms with Crippen molar-refractivity contribution < 1.29 is 9.84 Å². The van der Waals surface area contributed by atoms with Crippen molar-refractivity contribution in [3.63, 3.8) is 0 Å². The van der Waals surface area contributed by atoms with Crippen LogP contribution in [0.25, 0.3) is 0 Å². The SMILES string of the molecule is CNC1(NC)Oc2ccccc2C1(NC)c1ccc(O)cc1. The van der Waals surface area contributed by atoms with Crippen LogP contribution in [-0.4, -0.2) is 32.1 Å². The van der Waals surface area contributed by atoms with E-state index in [1.54, 1.807) is 12.1 Å². The van der Waals surface area contributed by atoms with Gasteiger partial charge in [-0.3, -0.25) is 10.6 Å². The van der Waals surface area contributed by atoms with Crippen LogP contribution in [0.4, 0.5) is 0 Å². The number of likely N-dealkylation sites (N-methyl/N-ethyl adjacent to an activating group) is 3. The average molecular weight is 299 g/mol. The molecule has 5 nitrogen and oxygen atoms in total. The first kappa shape index (κ1) is 14.8. The van der Waals surface area contributed by atoms with Crippen LogP contribution in [0.3, 0.4) is 0 Å². The van der Waals surface area contributed by atoms with Crippen LogP contribution in [0.1, 0.15) is 11.1 Å². The smallest absolute Gasteiger partial charge is 0.244 e. The van der Waals surface area contributed by atoms with Crippen molar-refractivity contribution in [1.82, 2.24) is 16.0 Å². The normalized spacial score (nSPS) is 22.1. The number of fused-ring (bicyclic) bond motifs is 1. The minimum Gasteiger partial charge on any atom is -0.508 e. The number of hydrogen-bond donors (Lipinski definition) is 4. The molecule has 0 radical (unpaired) electrons. The van der Waals surface area contributed by atoms with Crippen LogP contribution < -0.4 is 20.7 Å². The van der Waals surface area contributed by atoms with Crippen LogP contribution in [0.15, 0.2) is 48.5 Å². The van der Waals surface area contributed by atoms with Gasteiger partial charge in [0.2, 0.25) is 5.85 Å². The van der Waals surface area contributed by atoms with Crippen LogP contribution in [0, 0.1) is 0 Å². The third-order valence-corrected chi connectivity index (χ3v) is 4.46. The van der Waals surface area contributed by atoms with E-state index in [-0.39, 0.29) is 5.75 Å². The van der Waals surface area contributed by atoms with Gasteiger partial charge in [0.1, 0.15) is 17.0 Å². The molecule has 1 aliphatic heterocycles. The quantitative estimate of drug-likeness (QED) is 0.642. The van der Waals surface area contributed by atoms with Crippen molar-refractivity contribution in [2.75, 3.05) is 21.1 Å². The van der Waals surface area contributed by atoms with Gasteiger partial charge in [0.05, 0.1) is 0 Å². The Morgan fingerprint density at radius 1 is 0.864 bits per heavy atom. The first-order valence-electron chi connectivity index (χ1n) is 7.28. The largest absolute Gasteiger partial charge is 0.508 e. The van der Waals surface area contributed by atoms with Crippen molar-refractivity contribution in [3.8, 4) is 11.5 Å². The number of phenolic OH excluding ortho intramolecular Hbond substituents is 1. The molecule has 22 heavy (non-hydrogen) atoms. The number of para-hydroxylation sites is 1. The second kappa shape index (κ2) is 5.28. The van der Waals surface area contributed by atoms with E-state index in [1.165, 1.54) is 0 Å². The summed E-state index contributed by atoms with van der Waals surface area (Å²) in [7, 11) is 5.62. The molecule has 1 unspecified atom stereocenters. The summed E-state index contributed by atoms with van der Waals surface area (Å²) in [5.74, 6) is 0.206. The summed E-state index contributed by atoms with van der Waals surface area (Å²) in [4.78, 5) is 0. The monoisotopic (exact) mass is 299 g/mol. The number of hydrogen-bond acceptors (Lipinski definition) is 5. The molecule has 0 saturated heterocycles. The van der Waals surface area contributed by atoms with Gasteiger partial charge in [-0.15, -0.1) is 0 Å². The fourth-order valence-corrected chi connectivity index (χ4v) is 3.42. The fourth-order valence-electron chi connectivity index (χ4n) is 3.42. The number of rotatable bonds is 4. The topological polar surface area (TPSA) is 65.5 Å². The maximum absolute atomic E-state index is 9.61. The Morgan fingerprint density at radius 3 is 2.09 bits per heavy atom. The lowest BCUT2D eigenvalue weighted by Gasteiger charge is -2.44. The second-order valence-corrected chi connectivity index (χ2v) is 5.33. The lowest BCUT2D eigenvalue weighted by molar-refractivity contribution is -0.0306. The fraction of sp³-hybridized carbons (Fsp3) is 0.294. The predicted octanol–water partition coefficient (Wildman–Crippen LogP) is 1.34. The van der Waals surface area contributed by atoms with E-state index in [9.17, 15) is 5.11 Å². The van der Waals surface area contributed by atoms with Crippen LogP contribution in [-0.2, 0) is 5.54 Å². The van der Waals surface area contributed by atoms with Gasteiger partial charge in [-0.25, -0.2) is 0 Å². The molecule has 2 aromatic carbocycles. The molecular weight excluding hydrogens is 278 g/mol. The van der Waals surface area contributed by atoms with Gasteiger partial charge >= 0.3 is 0 Å². The molecule has 0 bridgehead atoms. The Morgan fingerprint density at radius 2 is 1.50 bits per heavy atom. The lowest BCUT2D eigenvalue weighted by Crippen LogP contribution is -2.72. The molecule has 0 aliphatic carbocycles. The minimum atomic E-state index is -0.845. The molecule has 1 heterocycles. The summed E-state index contributed by atoms with van der Waals surface area (Å²) in [5, 5.41) is 19.6. The van der Waals surface area contributed by atoms with Gasteiger partial charge in [-0.1, -0.05) is 30.3 Å². The van der Waals surface area contributed by atoms with Crippen LogP contribution in [0.5, 0.6) is 11.5 Å². The summed E-state index contributed by atoms with van der Waals surface area (Å²) in [6, 6.07) is 15.1. The number of phenols is 1.